The second kappa shape index (κ2) is 26.4. The summed E-state index contributed by atoms with van der Waals surface area (Å²) in [6, 6.07) is 32.5. The molecule has 4 aromatic carbocycles. The number of halogens is 3. The van der Waals surface area contributed by atoms with Gasteiger partial charge < -0.3 is 50.1 Å². The van der Waals surface area contributed by atoms with Crippen LogP contribution in [-0.2, 0) is 22.8 Å². The van der Waals surface area contributed by atoms with E-state index >= 15 is 0 Å². The van der Waals surface area contributed by atoms with Gasteiger partial charge >= 0.3 is 68.9 Å². The van der Waals surface area contributed by atoms with E-state index in [1.54, 1.807) is 62.6 Å². The van der Waals surface area contributed by atoms with Crippen molar-refractivity contribution in [2.24, 2.45) is 0 Å². The SMILES string of the molecule is CNC(=O)c1cc(Cl)ccn1.CNC(=O)c1cc(Oc2ccc3nc(NCc4ccccc4Cl)oc3c2)ccn1.O=CO[O-].Oc1ccc2nc(NCc3ccccc3Cl)oc2c1.[Cs+]. The van der Waals surface area contributed by atoms with E-state index in [0.29, 0.717) is 79.6 Å². The van der Waals surface area contributed by atoms with E-state index < -0.39 is 0 Å². The summed E-state index contributed by atoms with van der Waals surface area (Å²) in [7, 11) is 3.09. The number of hydrogen-bond donors (Lipinski definition) is 5. The van der Waals surface area contributed by atoms with E-state index in [-0.39, 0.29) is 98.6 Å². The van der Waals surface area contributed by atoms with Gasteiger partial charge in [0, 0.05) is 72.8 Å². The average molecular weight is 1050 g/mol. The predicted molar refractivity (Wildman–Crippen MR) is 235 cm³/mol. The molecule has 0 aliphatic heterocycles. The number of ether oxygens (including phenoxy) is 1. The van der Waals surface area contributed by atoms with Crippen molar-refractivity contribution in [3.05, 3.63) is 159 Å². The summed E-state index contributed by atoms with van der Waals surface area (Å²) in [4.78, 5) is 50.4. The van der Waals surface area contributed by atoms with E-state index in [0.717, 1.165) is 11.1 Å². The summed E-state index contributed by atoms with van der Waals surface area (Å²) in [5.41, 5.74) is 5.03. The van der Waals surface area contributed by atoms with Crippen LogP contribution in [0.3, 0.4) is 0 Å². The zero-order chi connectivity index (χ0) is 45.1. The third-order valence-electron chi connectivity index (χ3n) is 8.16. The number of carbonyl (C=O) groups is 3. The normalized spacial score (nSPS) is 9.97. The molecule has 4 aromatic heterocycles. The number of carbonyl (C=O) groups excluding carboxylic acids is 3. The fourth-order valence-electron chi connectivity index (χ4n) is 5.18. The van der Waals surface area contributed by atoms with Crippen LogP contribution in [0.15, 0.2) is 130 Å². The Hall–Kier alpha value is -5.39. The average Bonchev–Trinajstić information content (AvgIpc) is 3.91. The van der Waals surface area contributed by atoms with Crippen molar-refractivity contribution in [2.45, 2.75) is 13.1 Å². The molecule has 4 heterocycles. The zero-order valence-corrected chi connectivity index (χ0v) is 42.7. The van der Waals surface area contributed by atoms with E-state index in [4.69, 9.17) is 58.4 Å². The van der Waals surface area contributed by atoms with Crippen molar-refractivity contribution in [3.63, 3.8) is 0 Å². The summed E-state index contributed by atoms with van der Waals surface area (Å²) in [6.07, 6.45) is 3.01. The third kappa shape index (κ3) is 15.7. The smallest absolute Gasteiger partial charge is 0.662 e. The van der Waals surface area contributed by atoms with Gasteiger partial charge in [-0.2, -0.15) is 9.97 Å². The van der Waals surface area contributed by atoms with Gasteiger partial charge in [-0.25, -0.2) is 0 Å². The van der Waals surface area contributed by atoms with Crippen LogP contribution in [0.2, 0.25) is 15.1 Å². The minimum absolute atomic E-state index is 0. The number of benzene rings is 4. The number of nitrogens with zero attached hydrogens (tertiary/aromatic N) is 4. The number of nitrogens with one attached hydrogen (secondary N) is 4. The number of oxazole rings is 2. The number of phenols is 1. The minimum Gasteiger partial charge on any atom is -0.662 e. The second-order valence-corrected chi connectivity index (χ2v) is 13.6. The van der Waals surface area contributed by atoms with Crippen molar-refractivity contribution in [1.29, 1.82) is 0 Å². The number of aromatic hydroxyl groups is 1. The van der Waals surface area contributed by atoms with Crippen LogP contribution in [0.1, 0.15) is 32.1 Å². The van der Waals surface area contributed by atoms with Crippen molar-refractivity contribution in [3.8, 4) is 17.2 Å². The summed E-state index contributed by atoms with van der Waals surface area (Å²) in [5.74, 6) is 0.694. The summed E-state index contributed by atoms with van der Waals surface area (Å²) in [6.45, 7) is 0.841. The van der Waals surface area contributed by atoms with Crippen LogP contribution >= 0.6 is 34.8 Å². The van der Waals surface area contributed by atoms with Gasteiger partial charge in [0.25, 0.3) is 30.3 Å². The molecular weight excluding hydrogens is 1010 g/mol. The molecule has 0 radical (unpaired) electrons. The first-order chi connectivity index (χ1) is 30.5. The Morgan fingerprint density at radius 1 is 0.688 bits per heavy atom. The van der Waals surface area contributed by atoms with Crippen molar-refractivity contribution >= 4 is 87.3 Å². The van der Waals surface area contributed by atoms with E-state index in [1.807, 2.05) is 48.5 Å². The monoisotopic (exact) mass is 1050 g/mol. The van der Waals surface area contributed by atoms with Crippen LogP contribution in [0.5, 0.6) is 17.2 Å². The molecule has 64 heavy (non-hydrogen) atoms. The molecule has 0 unspecified atom stereocenters. The van der Waals surface area contributed by atoms with Gasteiger partial charge in [-0.15, -0.1) is 0 Å². The summed E-state index contributed by atoms with van der Waals surface area (Å²) < 4.78 is 17.1. The minimum atomic E-state index is -0.282. The number of fused-ring (bicyclic) bond motifs is 2. The third-order valence-corrected chi connectivity index (χ3v) is 9.13. The van der Waals surface area contributed by atoms with Crippen LogP contribution in [0, 0.1) is 0 Å². The zero-order valence-electron chi connectivity index (χ0n) is 34.2. The molecule has 5 N–H and O–H groups in total. The molecule has 0 bridgehead atoms. The predicted octanol–water partition coefficient (Wildman–Crippen LogP) is 4.97. The standard InChI is InChI=1S/C21H17ClN4O3.C14H11ClN2O2.C7H7ClN2O.CH2O3.Cs/c1-23-20(27)18-10-15(8-9-24-18)28-14-6-7-17-19(11-14)29-21(26-17)25-12-13-4-2-3-5-16(13)22;15-11-4-2-1-3-9(11)8-16-14-17-12-6-5-10(18)7-13(12)19-14;1-9-7(11)6-4-5(8)2-3-10-6;2-1-4-3;/h2-11H,12H2,1H3,(H,23,27)(H,25,26);1-7,18H,8H2,(H,16,17);2-4H,1H3,(H,9,11);1,3H;/q;;;;+1/p-1. The molecule has 324 valence electrons. The maximum Gasteiger partial charge on any atom is 1.00 e. The first-order valence-electron chi connectivity index (χ1n) is 18.4. The Balaban J connectivity index is 0.000000220. The van der Waals surface area contributed by atoms with Gasteiger partial charge in [-0.3, -0.25) is 24.4 Å². The van der Waals surface area contributed by atoms with Crippen molar-refractivity contribution in [2.75, 3.05) is 24.7 Å². The van der Waals surface area contributed by atoms with E-state index in [2.05, 4.69) is 46.1 Å². The quantitative estimate of drug-likeness (QED) is 0.0653. The molecule has 2 amide bonds. The Bertz CT molecular complexity index is 2790. The van der Waals surface area contributed by atoms with Gasteiger partial charge in [0.1, 0.15) is 39.7 Å². The number of phenolic OH excluding ortho intramolecular Hbond substituents is 1. The maximum absolute atomic E-state index is 11.7. The Morgan fingerprint density at radius 3 is 1.69 bits per heavy atom. The maximum atomic E-state index is 11.7. The molecule has 0 aliphatic rings. The van der Waals surface area contributed by atoms with Gasteiger partial charge in [-0.05, 0) is 65.7 Å². The molecule has 0 atom stereocenters. The number of rotatable bonds is 11. The molecule has 8 aromatic rings. The first kappa shape index (κ1) is 51.2. The van der Waals surface area contributed by atoms with Gasteiger partial charge in [0.2, 0.25) is 0 Å². The molecule has 21 heteroatoms. The van der Waals surface area contributed by atoms with Crippen LogP contribution in [0.25, 0.3) is 22.2 Å². The number of anilines is 2. The summed E-state index contributed by atoms with van der Waals surface area (Å²) in [5, 5.41) is 30.9. The van der Waals surface area contributed by atoms with E-state index in [9.17, 15) is 14.7 Å². The number of hydrogen-bond acceptors (Lipinski definition) is 15. The Kier molecular flexibility index (Phi) is 21.1. The van der Waals surface area contributed by atoms with Crippen molar-refractivity contribution in [1.82, 2.24) is 30.6 Å². The second-order valence-electron chi connectivity index (χ2n) is 12.4. The molecule has 0 fully saturated rings. The fraction of sp³-hybridized carbons (Fsp3) is 0.0930. The number of pyridine rings is 2. The Labute approximate surface area is 439 Å². The van der Waals surface area contributed by atoms with Crippen molar-refractivity contribution < 1.29 is 112 Å². The molecule has 17 nitrogen and oxygen atoms in total. The van der Waals surface area contributed by atoms with Gasteiger partial charge in [-0.1, -0.05) is 71.2 Å². The van der Waals surface area contributed by atoms with Crippen LogP contribution in [-0.4, -0.2) is 57.4 Å². The topological polar surface area (TPSA) is 239 Å². The first-order valence-corrected chi connectivity index (χ1v) is 19.5. The molecule has 0 saturated heterocycles. The van der Waals surface area contributed by atoms with Crippen LogP contribution in [0.4, 0.5) is 12.0 Å². The fourth-order valence-corrected chi connectivity index (χ4v) is 5.74. The molecule has 8 rings (SSSR count). The molecular formula is C43H36Cl3CsN8O9. The van der Waals surface area contributed by atoms with Gasteiger partial charge in [0.05, 0.1) is 0 Å². The van der Waals surface area contributed by atoms with Gasteiger partial charge in [0.15, 0.2) is 11.2 Å². The van der Waals surface area contributed by atoms with E-state index in [1.165, 1.54) is 24.5 Å². The largest absolute Gasteiger partial charge is 1.00 e. The van der Waals surface area contributed by atoms with Crippen LogP contribution < -0.4 is 100 Å². The number of amides is 2. The number of aromatic nitrogens is 4. The molecule has 0 saturated carbocycles. The summed E-state index contributed by atoms with van der Waals surface area (Å²) >= 11 is 17.9. The molecule has 0 spiro atoms. The molecule has 0 aliphatic carbocycles. The Morgan fingerprint density at radius 2 is 1.17 bits per heavy atom.